The number of rotatable bonds is 3. The van der Waals surface area contributed by atoms with Crippen molar-refractivity contribution in [3.63, 3.8) is 0 Å². The Morgan fingerprint density at radius 1 is 1.00 bits per heavy atom. The van der Waals surface area contributed by atoms with E-state index in [1.54, 1.807) is 30.3 Å². The predicted molar refractivity (Wildman–Crippen MR) is 106 cm³/mol. The number of amides is 4. The molecule has 1 aliphatic carbocycles. The number of carbonyl (C=O) groups excluding carboxylic acids is 3. The molecule has 0 unspecified atom stereocenters. The molecule has 7 nitrogen and oxygen atoms in total. The molecule has 2 aromatic rings. The van der Waals surface area contributed by atoms with E-state index in [1.165, 1.54) is 11.1 Å². The summed E-state index contributed by atoms with van der Waals surface area (Å²) in [6, 6.07) is 7.41. The molecule has 8 heteroatoms. The zero-order valence-electron chi connectivity index (χ0n) is 15.1. The second kappa shape index (κ2) is 7.59. The van der Waals surface area contributed by atoms with Gasteiger partial charge in [-0.3, -0.25) is 19.8 Å². The lowest BCUT2D eigenvalue weighted by molar-refractivity contribution is 0.0549. The smallest absolute Gasteiger partial charge is 0.308 e. The highest BCUT2D eigenvalue weighted by atomic mass is 35.5. The number of fused-ring (bicyclic) bond motifs is 1. The number of carbonyl (C=O) groups is 3. The predicted octanol–water partition coefficient (Wildman–Crippen LogP) is 4.31. The molecule has 1 aromatic heterocycles. The number of aromatic nitrogens is 1. The van der Waals surface area contributed by atoms with E-state index in [0.717, 1.165) is 32.1 Å². The highest BCUT2D eigenvalue weighted by Crippen LogP contribution is 2.32. The second-order valence-corrected chi connectivity index (χ2v) is 7.41. The van der Waals surface area contributed by atoms with Gasteiger partial charge in [-0.15, -0.1) is 0 Å². The topological polar surface area (TPSA) is 91.4 Å². The normalized spacial score (nSPS) is 16.8. The molecule has 1 aliphatic heterocycles. The van der Waals surface area contributed by atoms with E-state index in [9.17, 15) is 14.4 Å². The standard InChI is InChI=1S/C20H19ClN4O3/c21-12-6-9-17(22-11-12)24-20(28)23-13-7-8-15-16(10-13)19(27)25(18(15)26)14-4-2-1-3-5-14/h6-11,14H,1-5H2,(H2,22,23,24,28). The van der Waals surface area contributed by atoms with Gasteiger partial charge in [0.05, 0.1) is 16.1 Å². The molecule has 0 atom stereocenters. The van der Waals surface area contributed by atoms with Crippen LogP contribution < -0.4 is 10.6 Å². The maximum atomic E-state index is 12.8. The number of benzene rings is 1. The second-order valence-electron chi connectivity index (χ2n) is 6.97. The van der Waals surface area contributed by atoms with E-state index in [-0.39, 0.29) is 17.9 Å². The zero-order chi connectivity index (χ0) is 19.7. The summed E-state index contributed by atoms with van der Waals surface area (Å²) in [4.78, 5) is 43.1. The van der Waals surface area contributed by atoms with Gasteiger partial charge in [0, 0.05) is 17.9 Å². The summed E-state index contributed by atoms with van der Waals surface area (Å²) >= 11 is 5.77. The molecule has 0 radical (unpaired) electrons. The Morgan fingerprint density at radius 3 is 2.46 bits per heavy atom. The van der Waals surface area contributed by atoms with Crippen LogP contribution in [0.15, 0.2) is 36.5 Å². The first-order chi connectivity index (χ1) is 13.5. The minimum Gasteiger partial charge on any atom is -0.308 e. The number of imide groups is 1. The molecular weight excluding hydrogens is 380 g/mol. The third-order valence-electron chi connectivity index (χ3n) is 5.08. The van der Waals surface area contributed by atoms with Gasteiger partial charge in [0.1, 0.15) is 5.82 Å². The average molecular weight is 399 g/mol. The van der Waals surface area contributed by atoms with Gasteiger partial charge >= 0.3 is 6.03 Å². The van der Waals surface area contributed by atoms with Gasteiger partial charge in [0.2, 0.25) is 0 Å². The molecule has 144 valence electrons. The van der Waals surface area contributed by atoms with Crippen molar-refractivity contribution in [1.29, 1.82) is 0 Å². The van der Waals surface area contributed by atoms with Crippen molar-refractivity contribution >= 4 is 41.0 Å². The molecule has 0 bridgehead atoms. The third kappa shape index (κ3) is 3.57. The van der Waals surface area contributed by atoms with Crippen molar-refractivity contribution in [3.8, 4) is 0 Å². The Labute approximate surface area is 167 Å². The number of hydrogen-bond donors (Lipinski definition) is 2. The van der Waals surface area contributed by atoms with E-state index in [0.29, 0.717) is 27.7 Å². The molecular formula is C20H19ClN4O3. The van der Waals surface area contributed by atoms with Crippen LogP contribution in [-0.4, -0.2) is 33.8 Å². The summed E-state index contributed by atoms with van der Waals surface area (Å²) < 4.78 is 0. The van der Waals surface area contributed by atoms with Gasteiger partial charge in [-0.05, 0) is 43.2 Å². The van der Waals surface area contributed by atoms with Crippen LogP contribution in [-0.2, 0) is 0 Å². The van der Waals surface area contributed by atoms with Crippen molar-refractivity contribution in [2.45, 2.75) is 38.1 Å². The molecule has 1 saturated carbocycles. The first-order valence-corrected chi connectivity index (χ1v) is 9.62. The van der Waals surface area contributed by atoms with Crippen LogP contribution in [0, 0.1) is 0 Å². The third-order valence-corrected chi connectivity index (χ3v) is 5.31. The monoisotopic (exact) mass is 398 g/mol. The fourth-order valence-corrected chi connectivity index (χ4v) is 3.85. The van der Waals surface area contributed by atoms with Crippen LogP contribution in [0.2, 0.25) is 5.02 Å². The lowest BCUT2D eigenvalue weighted by atomic mass is 9.94. The number of hydrogen-bond acceptors (Lipinski definition) is 4. The molecule has 4 rings (SSSR count). The average Bonchev–Trinajstić information content (AvgIpc) is 2.94. The summed E-state index contributed by atoms with van der Waals surface area (Å²) in [5.41, 5.74) is 1.15. The Morgan fingerprint density at radius 2 is 1.75 bits per heavy atom. The molecule has 0 spiro atoms. The molecule has 1 fully saturated rings. The summed E-state index contributed by atoms with van der Waals surface area (Å²) in [5, 5.41) is 5.71. The Kier molecular flexibility index (Phi) is 5.00. The first kappa shape index (κ1) is 18.4. The van der Waals surface area contributed by atoms with E-state index in [2.05, 4.69) is 15.6 Å². The van der Waals surface area contributed by atoms with E-state index < -0.39 is 6.03 Å². The van der Waals surface area contributed by atoms with Gasteiger partial charge in [-0.1, -0.05) is 30.9 Å². The highest BCUT2D eigenvalue weighted by Gasteiger charge is 2.40. The summed E-state index contributed by atoms with van der Waals surface area (Å²) in [5.74, 6) is -0.179. The number of anilines is 2. The first-order valence-electron chi connectivity index (χ1n) is 9.24. The summed E-state index contributed by atoms with van der Waals surface area (Å²) in [7, 11) is 0. The fourth-order valence-electron chi connectivity index (χ4n) is 3.74. The van der Waals surface area contributed by atoms with E-state index in [4.69, 9.17) is 11.6 Å². The molecule has 4 amide bonds. The lowest BCUT2D eigenvalue weighted by Gasteiger charge is -2.29. The van der Waals surface area contributed by atoms with Crippen LogP contribution in [0.25, 0.3) is 0 Å². The number of nitrogens with one attached hydrogen (secondary N) is 2. The van der Waals surface area contributed by atoms with E-state index in [1.807, 2.05) is 0 Å². The van der Waals surface area contributed by atoms with Gasteiger partial charge < -0.3 is 5.32 Å². The van der Waals surface area contributed by atoms with Crippen LogP contribution >= 0.6 is 11.6 Å². The SMILES string of the molecule is O=C(Nc1ccc2c(c1)C(=O)N(C1CCCCC1)C2=O)Nc1ccc(Cl)cn1. The van der Waals surface area contributed by atoms with Crippen molar-refractivity contribution in [3.05, 3.63) is 52.7 Å². The number of nitrogens with zero attached hydrogens (tertiary/aromatic N) is 2. The molecule has 2 aliphatic rings. The molecule has 1 aromatic carbocycles. The van der Waals surface area contributed by atoms with Gasteiger partial charge in [-0.2, -0.15) is 0 Å². The summed E-state index contributed by atoms with van der Waals surface area (Å²) in [6.07, 6.45) is 6.34. The quantitative estimate of drug-likeness (QED) is 0.753. The number of pyridine rings is 1. The number of halogens is 1. The van der Waals surface area contributed by atoms with E-state index >= 15 is 0 Å². The van der Waals surface area contributed by atoms with Crippen molar-refractivity contribution in [2.24, 2.45) is 0 Å². The maximum absolute atomic E-state index is 12.8. The summed E-state index contributed by atoms with van der Waals surface area (Å²) in [6.45, 7) is 0. The van der Waals surface area contributed by atoms with Crippen molar-refractivity contribution in [2.75, 3.05) is 10.6 Å². The lowest BCUT2D eigenvalue weighted by Crippen LogP contribution is -2.40. The maximum Gasteiger partial charge on any atom is 0.324 e. The molecule has 0 saturated heterocycles. The van der Waals surface area contributed by atoms with Crippen LogP contribution in [0.1, 0.15) is 52.8 Å². The number of urea groups is 1. The molecule has 28 heavy (non-hydrogen) atoms. The zero-order valence-corrected chi connectivity index (χ0v) is 15.8. The van der Waals surface area contributed by atoms with Crippen LogP contribution in [0.5, 0.6) is 0 Å². The Hall–Kier alpha value is -2.93. The van der Waals surface area contributed by atoms with Crippen molar-refractivity contribution in [1.82, 2.24) is 9.88 Å². The largest absolute Gasteiger partial charge is 0.324 e. The highest BCUT2D eigenvalue weighted by molar-refractivity contribution is 6.30. The van der Waals surface area contributed by atoms with Gasteiger partial charge in [0.25, 0.3) is 11.8 Å². The fraction of sp³-hybridized carbons (Fsp3) is 0.300. The minimum absolute atomic E-state index is 0.0307. The van der Waals surface area contributed by atoms with Crippen LogP contribution in [0.4, 0.5) is 16.3 Å². The van der Waals surface area contributed by atoms with Gasteiger partial charge in [-0.25, -0.2) is 9.78 Å². The Balaban J connectivity index is 1.48. The minimum atomic E-state index is -0.504. The van der Waals surface area contributed by atoms with Crippen molar-refractivity contribution < 1.29 is 14.4 Å². The molecule has 2 N–H and O–H groups in total. The molecule has 2 heterocycles. The van der Waals surface area contributed by atoms with Crippen LogP contribution in [0.3, 0.4) is 0 Å². The Bertz CT molecular complexity index is 939. The van der Waals surface area contributed by atoms with Gasteiger partial charge in [0.15, 0.2) is 0 Å².